The molecule has 1 saturated carbocycles. The molecule has 0 amide bonds. The summed E-state index contributed by atoms with van der Waals surface area (Å²) in [4.78, 5) is 6.09. The van der Waals surface area contributed by atoms with E-state index in [1.165, 1.54) is 12.3 Å². The Morgan fingerprint density at radius 2 is 1.69 bits per heavy atom. The Hall–Kier alpha value is -1.85. The quantitative estimate of drug-likeness (QED) is 0.724. The lowest BCUT2D eigenvalue weighted by atomic mass is 9.94. The van der Waals surface area contributed by atoms with Crippen LogP contribution in [0.4, 0.5) is 0 Å². The molecule has 0 spiro atoms. The molecule has 1 aliphatic heterocycles. The van der Waals surface area contributed by atoms with Gasteiger partial charge in [-0.25, -0.2) is 13.4 Å². The van der Waals surface area contributed by atoms with E-state index in [1.807, 2.05) is 0 Å². The molecule has 8 heteroatoms. The van der Waals surface area contributed by atoms with Crippen molar-refractivity contribution in [1.29, 1.82) is 5.26 Å². The number of piperidine rings is 1. The van der Waals surface area contributed by atoms with Gasteiger partial charge in [0.1, 0.15) is 6.10 Å². The van der Waals surface area contributed by atoms with Crippen molar-refractivity contribution in [2.24, 2.45) is 0 Å². The van der Waals surface area contributed by atoms with Crippen LogP contribution in [0.25, 0.3) is 0 Å². The van der Waals surface area contributed by atoms with Gasteiger partial charge >= 0.3 is 0 Å². The SMILES string of the molecule is CS(=O)(=O)c1ccc(O[C@H]2CC[C@H](OC3CCN(C#N)CC3)CC2)nc1. The topological polar surface area (TPSA) is 92.5 Å². The number of likely N-dealkylation sites (tertiary alicyclic amines) is 1. The first-order chi connectivity index (χ1) is 12.4. The number of nitrogens with zero attached hydrogens (tertiary/aromatic N) is 3. The van der Waals surface area contributed by atoms with E-state index >= 15 is 0 Å². The summed E-state index contributed by atoms with van der Waals surface area (Å²) < 4.78 is 35.0. The van der Waals surface area contributed by atoms with Gasteiger partial charge in [0.2, 0.25) is 5.88 Å². The fourth-order valence-corrected chi connectivity index (χ4v) is 4.04. The van der Waals surface area contributed by atoms with Crippen LogP contribution in [0.1, 0.15) is 38.5 Å². The van der Waals surface area contributed by atoms with E-state index in [4.69, 9.17) is 14.7 Å². The van der Waals surface area contributed by atoms with Gasteiger partial charge in [-0.3, -0.25) is 0 Å². The minimum Gasteiger partial charge on any atom is -0.474 e. The molecule has 1 saturated heterocycles. The largest absolute Gasteiger partial charge is 0.474 e. The second-order valence-electron chi connectivity index (χ2n) is 7.04. The van der Waals surface area contributed by atoms with Crippen LogP contribution in [0.3, 0.4) is 0 Å². The maximum Gasteiger partial charge on any atom is 0.213 e. The minimum absolute atomic E-state index is 0.0897. The molecule has 0 radical (unpaired) electrons. The average molecular weight is 379 g/mol. The van der Waals surface area contributed by atoms with Crippen LogP contribution in [0.5, 0.6) is 5.88 Å². The molecule has 26 heavy (non-hydrogen) atoms. The number of aromatic nitrogens is 1. The van der Waals surface area contributed by atoms with Gasteiger partial charge in [0.05, 0.1) is 17.1 Å². The van der Waals surface area contributed by atoms with Crippen LogP contribution in [0, 0.1) is 11.5 Å². The minimum atomic E-state index is -3.23. The van der Waals surface area contributed by atoms with Crippen LogP contribution in [-0.2, 0) is 14.6 Å². The van der Waals surface area contributed by atoms with E-state index in [0.29, 0.717) is 5.88 Å². The monoisotopic (exact) mass is 379 g/mol. The summed E-state index contributed by atoms with van der Waals surface area (Å²) >= 11 is 0. The van der Waals surface area contributed by atoms with Crippen LogP contribution in [-0.4, -0.2) is 56.0 Å². The molecule has 0 aromatic carbocycles. The molecule has 142 valence electrons. The Kier molecular flexibility index (Phi) is 5.99. The highest BCUT2D eigenvalue weighted by Crippen LogP contribution is 2.27. The second-order valence-corrected chi connectivity index (χ2v) is 9.06. The molecule has 7 nitrogen and oxygen atoms in total. The lowest BCUT2D eigenvalue weighted by molar-refractivity contribution is -0.0624. The Labute approximate surface area is 154 Å². The Morgan fingerprint density at radius 3 is 2.23 bits per heavy atom. The molecule has 1 aromatic heterocycles. The lowest BCUT2D eigenvalue weighted by Crippen LogP contribution is -2.37. The zero-order valence-corrected chi connectivity index (χ0v) is 15.8. The predicted octanol–water partition coefficient (Wildman–Crippen LogP) is 2.14. The molecule has 0 bridgehead atoms. The van der Waals surface area contributed by atoms with Crippen molar-refractivity contribution in [1.82, 2.24) is 9.88 Å². The first kappa shape index (κ1) is 18.9. The third kappa shape index (κ3) is 5.08. The summed E-state index contributed by atoms with van der Waals surface area (Å²) in [6.45, 7) is 1.57. The number of nitriles is 1. The number of pyridine rings is 1. The Morgan fingerprint density at radius 1 is 1.08 bits per heavy atom. The van der Waals surface area contributed by atoms with Crippen molar-refractivity contribution >= 4 is 9.84 Å². The number of hydrogen-bond acceptors (Lipinski definition) is 7. The smallest absolute Gasteiger partial charge is 0.213 e. The van der Waals surface area contributed by atoms with Crippen molar-refractivity contribution in [3.63, 3.8) is 0 Å². The third-order valence-electron chi connectivity index (χ3n) is 5.01. The fraction of sp³-hybridized carbons (Fsp3) is 0.667. The van der Waals surface area contributed by atoms with Crippen molar-refractivity contribution in [2.75, 3.05) is 19.3 Å². The standard InChI is InChI=1S/C18H25N3O4S/c1-26(22,23)17-6-7-18(20-12-17)25-15-4-2-14(3-5-15)24-16-8-10-21(13-19)11-9-16/h6-7,12,14-16H,2-5,8-11H2,1H3/t14-,15-. The molecular weight excluding hydrogens is 354 g/mol. The van der Waals surface area contributed by atoms with Gasteiger partial charge in [0, 0.05) is 31.6 Å². The Bertz CT molecular complexity index is 729. The number of ether oxygens (including phenoxy) is 2. The molecular formula is C18H25N3O4S. The highest BCUT2D eigenvalue weighted by molar-refractivity contribution is 7.90. The van der Waals surface area contributed by atoms with E-state index in [0.717, 1.165) is 57.9 Å². The summed E-state index contributed by atoms with van der Waals surface area (Å²) in [7, 11) is -3.23. The summed E-state index contributed by atoms with van der Waals surface area (Å²) in [5.74, 6) is 0.464. The fourth-order valence-electron chi connectivity index (χ4n) is 3.48. The Balaban J connectivity index is 1.42. The van der Waals surface area contributed by atoms with E-state index in [9.17, 15) is 8.42 Å². The summed E-state index contributed by atoms with van der Waals surface area (Å²) in [6, 6.07) is 3.14. The van der Waals surface area contributed by atoms with E-state index in [2.05, 4.69) is 11.2 Å². The van der Waals surface area contributed by atoms with E-state index < -0.39 is 9.84 Å². The van der Waals surface area contributed by atoms with Crippen LogP contribution < -0.4 is 4.74 Å². The molecule has 1 aliphatic carbocycles. The van der Waals surface area contributed by atoms with Gasteiger partial charge in [0.25, 0.3) is 0 Å². The van der Waals surface area contributed by atoms with Gasteiger partial charge in [-0.15, -0.1) is 0 Å². The molecule has 2 heterocycles. The van der Waals surface area contributed by atoms with Crippen LogP contribution in [0.15, 0.2) is 23.2 Å². The summed E-state index contributed by atoms with van der Waals surface area (Å²) in [6.07, 6.45) is 10.8. The first-order valence-electron chi connectivity index (χ1n) is 9.07. The van der Waals surface area contributed by atoms with Crippen LogP contribution in [0.2, 0.25) is 0 Å². The lowest BCUT2D eigenvalue weighted by Gasteiger charge is -2.34. The zero-order chi connectivity index (χ0) is 18.6. The predicted molar refractivity (Wildman–Crippen MR) is 95.3 cm³/mol. The van der Waals surface area contributed by atoms with Gasteiger partial charge in [-0.2, -0.15) is 5.26 Å². The average Bonchev–Trinajstić information content (AvgIpc) is 2.64. The number of hydrogen-bond donors (Lipinski definition) is 0. The molecule has 3 rings (SSSR count). The maximum absolute atomic E-state index is 11.5. The number of rotatable bonds is 5. The highest BCUT2D eigenvalue weighted by atomic mass is 32.2. The second kappa shape index (κ2) is 8.23. The normalized spacial score (nSPS) is 24.8. The molecule has 2 fully saturated rings. The van der Waals surface area contributed by atoms with E-state index in [1.54, 1.807) is 11.0 Å². The molecule has 0 N–H and O–H groups in total. The first-order valence-corrected chi connectivity index (χ1v) is 11.0. The zero-order valence-electron chi connectivity index (χ0n) is 15.0. The number of sulfone groups is 1. The molecule has 0 unspecified atom stereocenters. The van der Waals surface area contributed by atoms with Gasteiger partial charge in [0.15, 0.2) is 16.0 Å². The van der Waals surface area contributed by atoms with Crippen molar-refractivity contribution in [3.05, 3.63) is 18.3 Å². The third-order valence-corrected chi connectivity index (χ3v) is 6.11. The van der Waals surface area contributed by atoms with Gasteiger partial charge in [-0.1, -0.05) is 0 Å². The van der Waals surface area contributed by atoms with E-state index in [-0.39, 0.29) is 23.2 Å². The van der Waals surface area contributed by atoms with Crippen molar-refractivity contribution in [2.45, 2.75) is 61.7 Å². The molecule has 0 atom stereocenters. The molecule has 1 aromatic rings. The van der Waals surface area contributed by atoms with Crippen molar-refractivity contribution in [3.8, 4) is 12.1 Å². The summed E-state index contributed by atoms with van der Waals surface area (Å²) in [5, 5.41) is 8.89. The highest BCUT2D eigenvalue weighted by Gasteiger charge is 2.27. The van der Waals surface area contributed by atoms with Gasteiger partial charge < -0.3 is 14.4 Å². The summed E-state index contributed by atoms with van der Waals surface area (Å²) in [5.41, 5.74) is 0. The van der Waals surface area contributed by atoms with Crippen molar-refractivity contribution < 1.29 is 17.9 Å². The van der Waals surface area contributed by atoms with Crippen LogP contribution >= 0.6 is 0 Å². The molecule has 2 aliphatic rings. The maximum atomic E-state index is 11.5. The van der Waals surface area contributed by atoms with Gasteiger partial charge in [-0.05, 0) is 44.6 Å².